The first-order chi connectivity index (χ1) is 19.1. The van der Waals surface area contributed by atoms with Crippen molar-refractivity contribution in [3.05, 3.63) is 41.2 Å². The van der Waals surface area contributed by atoms with E-state index in [1.165, 1.54) is 0 Å². The van der Waals surface area contributed by atoms with E-state index in [0.717, 1.165) is 12.8 Å². The molecule has 3 aliphatic carbocycles. The Hall–Kier alpha value is -3.51. The molecule has 3 aliphatic rings. The fraction of sp³-hybridized carbons (Fsp3) is 0.630. The van der Waals surface area contributed by atoms with E-state index in [9.17, 15) is 22.8 Å². The fourth-order valence-corrected chi connectivity index (χ4v) is 5.88. The molecule has 3 fully saturated rings. The predicted octanol–water partition coefficient (Wildman–Crippen LogP) is 4.42. The van der Waals surface area contributed by atoms with Gasteiger partial charge in [-0.25, -0.2) is 27.8 Å². The summed E-state index contributed by atoms with van der Waals surface area (Å²) in [7, 11) is 0. The number of imidazole rings is 1. The van der Waals surface area contributed by atoms with Gasteiger partial charge in [0.2, 0.25) is 17.6 Å². The Morgan fingerprint density at radius 2 is 1.73 bits per heavy atom. The van der Waals surface area contributed by atoms with Gasteiger partial charge in [0.1, 0.15) is 11.9 Å². The number of hydrogen-bond donors (Lipinski definition) is 2. The SMILES string of the molecule is Cc1nonc1C(=O)N[C@H](c1cn2ccc(C(NC(=O)CC3CC(F)C3)C3CC3)nc2n1)C1CCC(F)(F)CC1. The molecule has 0 bridgehead atoms. The number of fused-ring (bicyclic) bond motifs is 1. The van der Waals surface area contributed by atoms with E-state index in [1.54, 1.807) is 23.7 Å². The Morgan fingerprint density at radius 1 is 1.05 bits per heavy atom. The van der Waals surface area contributed by atoms with E-state index >= 15 is 0 Å². The third kappa shape index (κ3) is 5.68. The summed E-state index contributed by atoms with van der Waals surface area (Å²) in [6, 6.07) is 0.921. The lowest BCUT2D eigenvalue weighted by atomic mass is 9.81. The summed E-state index contributed by atoms with van der Waals surface area (Å²) in [5.41, 5.74) is 1.53. The van der Waals surface area contributed by atoms with E-state index in [0.29, 0.717) is 42.1 Å². The minimum atomic E-state index is -2.72. The topological polar surface area (TPSA) is 127 Å². The molecule has 3 aromatic heterocycles. The zero-order valence-electron chi connectivity index (χ0n) is 22.2. The molecule has 2 atom stereocenters. The number of carbonyl (C=O) groups excluding carboxylic acids is 2. The molecule has 3 heterocycles. The van der Waals surface area contributed by atoms with Gasteiger partial charge in [-0.3, -0.25) is 14.0 Å². The number of rotatable bonds is 9. The minimum Gasteiger partial charge on any atom is -0.347 e. The van der Waals surface area contributed by atoms with Crippen molar-refractivity contribution in [2.75, 3.05) is 0 Å². The van der Waals surface area contributed by atoms with E-state index in [-0.39, 0.29) is 61.1 Å². The van der Waals surface area contributed by atoms with Crippen molar-refractivity contribution < 1.29 is 27.4 Å². The maximum Gasteiger partial charge on any atom is 0.276 e. The second-order valence-corrected chi connectivity index (χ2v) is 11.6. The molecule has 6 rings (SSSR count). The highest BCUT2D eigenvalue weighted by Crippen LogP contribution is 2.43. The van der Waals surface area contributed by atoms with Crippen LogP contribution in [0.1, 0.15) is 97.4 Å². The Morgan fingerprint density at radius 3 is 2.38 bits per heavy atom. The molecule has 3 aromatic rings. The number of aromatic nitrogens is 5. The van der Waals surface area contributed by atoms with Crippen molar-refractivity contribution in [1.82, 2.24) is 35.3 Å². The standard InChI is InChI=1S/C27H32F3N7O3/c1-14-22(36-40-35-14)25(39)34-24(17-4-7-27(29,30)8-5-17)20-13-37-9-6-19(31-26(37)32-20)23(16-2-3-16)33-21(38)12-15-10-18(28)11-15/h6,9,13,15-18,23-24H,2-5,7-8,10-12H2,1H3,(H,33,38)(H,34,39)/t15?,18?,23?,24-/m0/s1. The van der Waals surface area contributed by atoms with Crippen LogP contribution in [0.5, 0.6) is 0 Å². The number of amides is 2. The first-order valence-electron chi connectivity index (χ1n) is 13.9. The molecule has 0 radical (unpaired) electrons. The van der Waals surface area contributed by atoms with Crippen LogP contribution < -0.4 is 10.6 Å². The molecule has 0 aliphatic heterocycles. The zero-order chi connectivity index (χ0) is 28.0. The number of halogens is 3. The van der Waals surface area contributed by atoms with Crippen LogP contribution in [0.3, 0.4) is 0 Å². The van der Waals surface area contributed by atoms with E-state index in [4.69, 9.17) is 9.97 Å². The summed E-state index contributed by atoms with van der Waals surface area (Å²) >= 11 is 0. The van der Waals surface area contributed by atoms with Gasteiger partial charge >= 0.3 is 0 Å². The van der Waals surface area contributed by atoms with Crippen molar-refractivity contribution in [2.45, 2.75) is 88.9 Å². The number of hydrogen-bond acceptors (Lipinski definition) is 7. The molecule has 10 nitrogen and oxygen atoms in total. The van der Waals surface area contributed by atoms with E-state index < -0.39 is 24.0 Å². The maximum atomic E-state index is 13.9. The summed E-state index contributed by atoms with van der Waals surface area (Å²) in [4.78, 5) is 35.1. The van der Waals surface area contributed by atoms with Crippen LogP contribution in [-0.2, 0) is 4.79 Å². The highest BCUT2D eigenvalue weighted by Gasteiger charge is 2.40. The largest absolute Gasteiger partial charge is 0.347 e. The Bertz CT molecular complexity index is 1390. The maximum absolute atomic E-state index is 13.9. The van der Waals surface area contributed by atoms with Gasteiger partial charge in [-0.05, 0) is 74.4 Å². The van der Waals surface area contributed by atoms with Gasteiger partial charge in [0, 0.05) is 31.7 Å². The molecule has 0 saturated heterocycles. The Balaban J connectivity index is 1.24. The summed E-state index contributed by atoms with van der Waals surface area (Å²) in [6.07, 6.45) is 5.79. The van der Waals surface area contributed by atoms with Crippen LogP contribution in [0.25, 0.3) is 5.78 Å². The summed E-state index contributed by atoms with van der Waals surface area (Å²) in [5, 5.41) is 13.4. The average Bonchev–Trinajstić information content (AvgIpc) is 3.50. The predicted molar refractivity (Wildman–Crippen MR) is 135 cm³/mol. The second kappa shape index (κ2) is 10.5. The lowest BCUT2D eigenvalue weighted by Gasteiger charge is -2.33. The fourth-order valence-electron chi connectivity index (χ4n) is 5.88. The summed E-state index contributed by atoms with van der Waals surface area (Å²) in [6.45, 7) is 1.59. The van der Waals surface area contributed by atoms with Crippen molar-refractivity contribution in [2.24, 2.45) is 17.8 Å². The van der Waals surface area contributed by atoms with Crippen molar-refractivity contribution in [3.63, 3.8) is 0 Å². The van der Waals surface area contributed by atoms with Crippen LogP contribution in [-0.4, -0.2) is 48.6 Å². The number of nitrogens with zero attached hydrogens (tertiary/aromatic N) is 5. The quantitative estimate of drug-likeness (QED) is 0.397. The smallest absolute Gasteiger partial charge is 0.276 e. The number of aryl methyl sites for hydroxylation is 1. The van der Waals surface area contributed by atoms with Gasteiger partial charge in [0.25, 0.3) is 5.91 Å². The highest BCUT2D eigenvalue weighted by atomic mass is 19.3. The van der Waals surface area contributed by atoms with Crippen LogP contribution in [0.4, 0.5) is 13.2 Å². The first-order valence-corrected chi connectivity index (χ1v) is 13.9. The molecule has 1 unspecified atom stereocenters. The number of nitrogens with one attached hydrogen (secondary N) is 2. The molecule has 40 heavy (non-hydrogen) atoms. The molecule has 3 saturated carbocycles. The lowest BCUT2D eigenvalue weighted by Crippen LogP contribution is -2.37. The zero-order valence-corrected chi connectivity index (χ0v) is 22.2. The van der Waals surface area contributed by atoms with Crippen LogP contribution in [0, 0.1) is 24.7 Å². The van der Waals surface area contributed by atoms with Crippen LogP contribution in [0.15, 0.2) is 23.1 Å². The van der Waals surface area contributed by atoms with E-state index in [1.807, 2.05) is 6.07 Å². The molecule has 13 heteroatoms. The van der Waals surface area contributed by atoms with Crippen molar-refractivity contribution in [1.29, 1.82) is 0 Å². The number of carbonyl (C=O) groups is 2. The third-order valence-electron chi connectivity index (χ3n) is 8.45. The molecule has 2 amide bonds. The Labute approximate surface area is 228 Å². The molecule has 214 valence electrons. The van der Waals surface area contributed by atoms with Crippen LogP contribution in [0.2, 0.25) is 0 Å². The van der Waals surface area contributed by atoms with Gasteiger partial charge in [-0.2, -0.15) is 0 Å². The van der Waals surface area contributed by atoms with Gasteiger partial charge in [-0.1, -0.05) is 5.16 Å². The molecule has 2 N–H and O–H groups in total. The van der Waals surface area contributed by atoms with E-state index in [2.05, 4.69) is 25.6 Å². The summed E-state index contributed by atoms with van der Waals surface area (Å²) < 4.78 is 47.5. The molecular formula is C27H32F3N7O3. The minimum absolute atomic E-state index is 0.0299. The Kier molecular flexibility index (Phi) is 6.99. The highest BCUT2D eigenvalue weighted by molar-refractivity contribution is 5.93. The second-order valence-electron chi connectivity index (χ2n) is 11.6. The van der Waals surface area contributed by atoms with Crippen molar-refractivity contribution in [3.8, 4) is 0 Å². The van der Waals surface area contributed by atoms with Crippen LogP contribution >= 0.6 is 0 Å². The van der Waals surface area contributed by atoms with Gasteiger partial charge in [0.05, 0.1) is 23.5 Å². The lowest BCUT2D eigenvalue weighted by molar-refractivity contribution is -0.124. The first kappa shape index (κ1) is 26.7. The number of alkyl halides is 3. The molecule has 0 spiro atoms. The normalized spacial score (nSPS) is 24.3. The van der Waals surface area contributed by atoms with Gasteiger partial charge in [0.15, 0.2) is 5.69 Å². The molecular weight excluding hydrogens is 527 g/mol. The van der Waals surface area contributed by atoms with Gasteiger partial charge < -0.3 is 10.6 Å². The third-order valence-corrected chi connectivity index (χ3v) is 8.45. The average molecular weight is 560 g/mol. The van der Waals surface area contributed by atoms with Gasteiger partial charge in [-0.15, -0.1) is 0 Å². The molecule has 0 aromatic carbocycles. The van der Waals surface area contributed by atoms with Crippen molar-refractivity contribution >= 4 is 17.6 Å². The summed E-state index contributed by atoms with van der Waals surface area (Å²) in [5.74, 6) is -2.86. The monoisotopic (exact) mass is 559 g/mol.